The number of H-pyrrole nitrogens is 1. The van der Waals surface area contributed by atoms with Gasteiger partial charge < -0.3 is 9.47 Å². The van der Waals surface area contributed by atoms with E-state index in [1.165, 1.54) is 0 Å². The molecule has 1 unspecified atom stereocenters. The van der Waals surface area contributed by atoms with Crippen molar-refractivity contribution in [1.82, 2.24) is 24.6 Å². The number of hydrogen-bond donors (Lipinski definition) is 1. The molecule has 7 heteroatoms. The lowest BCUT2D eigenvalue weighted by atomic mass is 10.1. The van der Waals surface area contributed by atoms with Gasteiger partial charge in [0.15, 0.2) is 0 Å². The molecule has 1 N–H and O–H groups in total. The van der Waals surface area contributed by atoms with Crippen LogP contribution in [0.25, 0.3) is 21.3 Å². The van der Waals surface area contributed by atoms with Gasteiger partial charge in [0.1, 0.15) is 5.82 Å². The summed E-state index contributed by atoms with van der Waals surface area (Å²) in [6, 6.07) is 6.13. The maximum absolute atomic E-state index is 11.7. The molecule has 0 aromatic carbocycles. The molecular formula is C16H17N5OS. The minimum Gasteiger partial charge on any atom is -0.345 e. The van der Waals surface area contributed by atoms with Crippen LogP contribution in [-0.4, -0.2) is 44.1 Å². The van der Waals surface area contributed by atoms with Crippen molar-refractivity contribution in [2.45, 2.75) is 13.0 Å². The predicted octanol–water partition coefficient (Wildman–Crippen LogP) is 2.48. The van der Waals surface area contributed by atoms with Crippen molar-refractivity contribution in [3.05, 3.63) is 36.8 Å². The molecule has 0 spiro atoms. The minimum absolute atomic E-state index is 0.231. The lowest BCUT2D eigenvalue weighted by Crippen LogP contribution is -2.20. The molecule has 0 bridgehead atoms. The van der Waals surface area contributed by atoms with Crippen LogP contribution in [0.1, 0.15) is 6.42 Å². The van der Waals surface area contributed by atoms with E-state index in [9.17, 15) is 4.79 Å². The number of likely N-dealkylation sites (tertiary alicyclic amines) is 1. The highest BCUT2D eigenvalue weighted by atomic mass is 32.1. The third-order valence-corrected chi connectivity index (χ3v) is 5.30. The zero-order chi connectivity index (χ0) is 15.8. The molecule has 0 aliphatic carbocycles. The monoisotopic (exact) mass is 327 g/mol. The van der Waals surface area contributed by atoms with Crippen molar-refractivity contribution in [1.29, 1.82) is 0 Å². The number of nitrogens with one attached hydrogen (secondary N) is 1. The zero-order valence-electron chi connectivity index (χ0n) is 12.8. The molecule has 1 fully saturated rings. The standard InChI is InChI=1S/C16H17N5OS/c1-20-9-11(8-15(20)22)10-21-7-6-17-16(21)14-3-2-13(23-14)12-4-5-18-19-12/h2-7,11H,8-10H2,1H3,(H,18,19). The molecule has 1 atom stereocenters. The van der Waals surface area contributed by atoms with Crippen molar-refractivity contribution >= 4 is 17.2 Å². The molecule has 1 aliphatic rings. The molecule has 1 aliphatic heterocycles. The fourth-order valence-electron chi connectivity index (χ4n) is 3.03. The summed E-state index contributed by atoms with van der Waals surface area (Å²) in [5.41, 5.74) is 1.02. The Balaban J connectivity index is 1.57. The topological polar surface area (TPSA) is 66.8 Å². The average Bonchev–Trinajstić information content (AvgIpc) is 3.28. The van der Waals surface area contributed by atoms with Gasteiger partial charge in [-0.15, -0.1) is 11.3 Å². The highest BCUT2D eigenvalue weighted by Gasteiger charge is 2.27. The SMILES string of the molecule is CN1CC(Cn2ccnc2-c2ccc(-c3ccn[nH]3)s2)CC1=O. The van der Waals surface area contributed by atoms with Gasteiger partial charge in [0, 0.05) is 51.1 Å². The van der Waals surface area contributed by atoms with Crippen LogP contribution in [0.4, 0.5) is 0 Å². The maximum atomic E-state index is 11.7. The van der Waals surface area contributed by atoms with Crippen LogP contribution in [0.15, 0.2) is 36.8 Å². The Morgan fingerprint density at radius 3 is 2.91 bits per heavy atom. The molecule has 0 saturated carbocycles. The van der Waals surface area contributed by atoms with Crippen LogP contribution in [-0.2, 0) is 11.3 Å². The Kier molecular flexibility index (Phi) is 3.49. The first-order valence-corrected chi connectivity index (χ1v) is 8.37. The van der Waals surface area contributed by atoms with E-state index in [2.05, 4.69) is 31.9 Å². The number of carbonyl (C=O) groups is 1. The molecule has 4 heterocycles. The number of thiophene rings is 1. The molecule has 3 aromatic rings. The number of rotatable bonds is 4. The molecule has 0 radical (unpaired) electrons. The van der Waals surface area contributed by atoms with Gasteiger partial charge >= 0.3 is 0 Å². The van der Waals surface area contributed by atoms with E-state index in [1.54, 1.807) is 17.5 Å². The lowest BCUT2D eigenvalue weighted by Gasteiger charge is -2.12. The first-order chi connectivity index (χ1) is 11.2. The first kappa shape index (κ1) is 14.2. The average molecular weight is 327 g/mol. The van der Waals surface area contributed by atoms with Crippen LogP contribution < -0.4 is 0 Å². The Bertz CT molecular complexity index is 819. The summed E-state index contributed by atoms with van der Waals surface area (Å²) < 4.78 is 2.15. The maximum Gasteiger partial charge on any atom is 0.222 e. The summed E-state index contributed by atoms with van der Waals surface area (Å²) in [4.78, 5) is 20.3. The quantitative estimate of drug-likeness (QED) is 0.800. The van der Waals surface area contributed by atoms with Gasteiger partial charge in [0.25, 0.3) is 0 Å². The molecule has 6 nitrogen and oxygen atoms in total. The predicted molar refractivity (Wildman–Crippen MR) is 88.9 cm³/mol. The summed E-state index contributed by atoms with van der Waals surface area (Å²) in [5.74, 6) is 1.55. The van der Waals surface area contributed by atoms with Crippen molar-refractivity contribution < 1.29 is 4.79 Å². The van der Waals surface area contributed by atoms with E-state index >= 15 is 0 Å². The largest absolute Gasteiger partial charge is 0.345 e. The number of carbonyl (C=O) groups excluding carboxylic acids is 1. The zero-order valence-corrected chi connectivity index (χ0v) is 13.6. The Morgan fingerprint density at radius 1 is 1.30 bits per heavy atom. The van der Waals surface area contributed by atoms with Gasteiger partial charge in [-0.3, -0.25) is 9.89 Å². The van der Waals surface area contributed by atoms with Crippen molar-refractivity contribution in [2.75, 3.05) is 13.6 Å². The molecule has 23 heavy (non-hydrogen) atoms. The lowest BCUT2D eigenvalue weighted by molar-refractivity contribution is -0.126. The Hall–Kier alpha value is -2.41. The van der Waals surface area contributed by atoms with E-state index < -0.39 is 0 Å². The van der Waals surface area contributed by atoms with Gasteiger partial charge in [-0.2, -0.15) is 5.10 Å². The van der Waals surface area contributed by atoms with Gasteiger partial charge in [-0.05, 0) is 18.2 Å². The fourth-order valence-corrected chi connectivity index (χ4v) is 4.03. The number of aromatic nitrogens is 4. The molecular weight excluding hydrogens is 310 g/mol. The van der Waals surface area contributed by atoms with Crippen molar-refractivity contribution in [3.63, 3.8) is 0 Å². The summed E-state index contributed by atoms with van der Waals surface area (Å²) in [5, 5.41) is 6.98. The summed E-state index contributed by atoms with van der Waals surface area (Å²) in [6.45, 7) is 1.64. The molecule has 3 aromatic heterocycles. The second-order valence-corrected chi connectivity index (χ2v) is 6.97. The number of imidazole rings is 1. The van der Waals surface area contributed by atoms with Gasteiger partial charge in [-0.25, -0.2) is 4.98 Å². The van der Waals surface area contributed by atoms with E-state index in [-0.39, 0.29) is 5.91 Å². The molecule has 118 valence electrons. The molecule has 1 amide bonds. The van der Waals surface area contributed by atoms with Crippen LogP contribution in [0, 0.1) is 5.92 Å². The van der Waals surface area contributed by atoms with Crippen LogP contribution in [0.2, 0.25) is 0 Å². The van der Waals surface area contributed by atoms with Crippen LogP contribution in [0.3, 0.4) is 0 Å². The summed E-state index contributed by atoms with van der Waals surface area (Å²) in [6.07, 6.45) is 6.19. The van der Waals surface area contributed by atoms with E-state index in [0.717, 1.165) is 34.4 Å². The van der Waals surface area contributed by atoms with Crippen molar-refractivity contribution in [2.24, 2.45) is 5.92 Å². The second-order valence-electron chi connectivity index (χ2n) is 5.88. The van der Waals surface area contributed by atoms with E-state index in [1.807, 2.05) is 30.4 Å². The normalized spacial score (nSPS) is 18.0. The molecule has 4 rings (SSSR count). The van der Waals surface area contributed by atoms with Crippen molar-refractivity contribution in [3.8, 4) is 21.3 Å². The highest BCUT2D eigenvalue weighted by molar-refractivity contribution is 7.18. The smallest absolute Gasteiger partial charge is 0.222 e. The summed E-state index contributed by atoms with van der Waals surface area (Å²) >= 11 is 1.69. The highest BCUT2D eigenvalue weighted by Crippen LogP contribution is 2.33. The van der Waals surface area contributed by atoms with Gasteiger partial charge in [0.05, 0.1) is 15.4 Å². The molecule has 1 saturated heterocycles. The van der Waals surface area contributed by atoms with Crippen LogP contribution >= 0.6 is 11.3 Å². The van der Waals surface area contributed by atoms with Crippen LogP contribution in [0.5, 0.6) is 0 Å². The Morgan fingerprint density at radius 2 is 2.17 bits per heavy atom. The van der Waals surface area contributed by atoms with E-state index in [0.29, 0.717) is 12.3 Å². The number of amides is 1. The number of aromatic amines is 1. The number of hydrogen-bond acceptors (Lipinski definition) is 4. The van der Waals surface area contributed by atoms with E-state index in [4.69, 9.17) is 0 Å². The van der Waals surface area contributed by atoms with Gasteiger partial charge in [0.2, 0.25) is 5.91 Å². The summed E-state index contributed by atoms with van der Waals surface area (Å²) in [7, 11) is 1.87. The first-order valence-electron chi connectivity index (χ1n) is 7.56. The Labute approximate surface area is 137 Å². The fraction of sp³-hybridized carbons (Fsp3) is 0.312. The van der Waals surface area contributed by atoms with Gasteiger partial charge in [-0.1, -0.05) is 0 Å². The minimum atomic E-state index is 0.231. The third-order valence-electron chi connectivity index (χ3n) is 4.18. The third kappa shape index (κ3) is 2.68. The number of nitrogens with zero attached hydrogens (tertiary/aromatic N) is 4. The second kappa shape index (κ2) is 5.66.